The van der Waals surface area contributed by atoms with Crippen molar-refractivity contribution in [2.24, 2.45) is 5.41 Å². The third-order valence-electron chi connectivity index (χ3n) is 5.86. The number of likely N-dealkylation sites (tertiary alicyclic amines) is 2. The third-order valence-corrected chi connectivity index (χ3v) is 5.86. The number of rotatable bonds is 2. The number of carbonyl (C=O) groups is 2. The van der Waals surface area contributed by atoms with Crippen molar-refractivity contribution in [3.63, 3.8) is 0 Å². The molecule has 2 saturated heterocycles. The first-order chi connectivity index (χ1) is 12.3. The Balaban J connectivity index is 1.71. The molecule has 2 heterocycles. The fourth-order valence-electron chi connectivity index (χ4n) is 4.36. The van der Waals surface area contributed by atoms with Gasteiger partial charge in [-0.05, 0) is 43.7 Å². The molecule has 1 aromatic rings. The first-order valence-electron chi connectivity index (χ1n) is 9.35. The summed E-state index contributed by atoms with van der Waals surface area (Å²) in [6, 6.07) is 5.87. The number of hydrogen-bond donors (Lipinski definition) is 2. The number of aliphatic hydroxyl groups is 1. The first-order valence-corrected chi connectivity index (χ1v) is 9.35. The van der Waals surface area contributed by atoms with Gasteiger partial charge in [-0.2, -0.15) is 0 Å². The molecular weight excluding hydrogens is 330 g/mol. The van der Waals surface area contributed by atoms with Crippen LogP contribution in [0.1, 0.15) is 42.1 Å². The van der Waals surface area contributed by atoms with Gasteiger partial charge in [-0.3, -0.25) is 9.59 Å². The van der Waals surface area contributed by atoms with Crippen LogP contribution in [-0.2, 0) is 4.79 Å². The van der Waals surface area contributed by atoms with Gasteiger partial charge in [0, 0.05) is 45.8 Å². The molecule has 1 atom stereocenters. The van der Waals surface area contributed by atoms with E-state index >= 15 is 0 Å². The quantitative estimate of drug-likeness (QED) is 0.846. The number of aryl methyl sites for hydroxylation is 1. The Bertz CT molecular complexity index is 696. The fourth-order valence-corrected chi connectivity index (χ4v) is 4.36. The summed E-state index contributed by atoms with van der Waals surface area (Å²) in [4.78, 5) is 28.4. The monoisotopic (exact) mass is 359 g/mol. The molecule has 1 spiro atoms. The SMILES string of the molecule is CNc1ccc(C)cc1C(=O)N1CCC2(CC1)CC(O)CN(C(C)=O)C2. The zero-order chi connectivity index (χ0) is 18.9. The van der Waals surface area contributed by atoms with E-state index in [1.54, 1.807) is 11.8 Å². The van der Waals surface area contributed by atoms with E-state index in [4.69, 9.17) is 0 Å². The smallest absolute Gasteiger partial charge is 0.255 e. The van der Waals surface area contributed by atoms with Crippen molar-refractivity contribution in [2.75, 3.05) is 38.5 Å². The van der Waals surface area contributed by atoms with Gasteiger partial charge in [0.2, 0.25) is 5.91 Å². The van der Waals surface area contributed by atoms with E-state index in [9.17, 15) is 14.7 Å². The summed E-state index contributed by atoms with van der Waals surface area (Å²) in [7, 11) is 1.83. The minimum atomic E-state index is -0.470. The lowest BCUT2D eigenvalue weighted by Crippen LogP contribution is -2.55. The molecule has 0 saturated carbocycles. The highest BCUT2D eigenvalue weighted by Gasteiger charge is 2.43. The molecule has 0 radical (unpaired) electrons. The van der Waals surface area contributed by atoms with Crippen molar-refractivity contribution in [2.45, 2.75) is 39.2 Å². The van der Waals surface area contributed by atoms with Gasteiger partial charge < -0.3 is 20.2 Å². The Kier molecular flexibility index (Phi) is 5.23. The molecule has 0 aliphatic carbocycles. The van der Waals surface area contributed by atoms with E-state index in [-0.39, 0.29) is 17.2 Å². The van der Waals surface area contributed by atoms with Crippen molar-refractivity contribution >= 4 is 17.5 Å². The predicted octanol–water partition coefficient (Wildman–Crippen LogP) is 1.87. The molecule has 0 bridgehead atoms. The number of β-amino-alcohol motifs (C(OH)–C–C–N with tert-alkyl or cyclic N) is 1. The standard InChI is InChI=1S/C20H29N3O3/c1-14-4-5-18(21-3)17(10-14)19(26)22-8-6-20(7-9-22)11-16(25)12-23(13-20)15(2)24/h4-5,10,16,21,25H,6-9,11-13H2,1-3H3. The molecule has 2 aliphatic heterocycles. The first kappa shape index (κ1) is 18.7. The van der Waals surface area contributed by atoms with Gasteiger partial charge >= 0.3 is 0 Å². The van der Waals surface area contributed by atoms with Crippen LogP contribution in [0.2, 0.25) is 0 Å². The number of nitrogens with zero attached hydrogens (tertiary/aromatic N) is 2. The number of piperidine rings is 2. The lowest BCUT2D eigenvalue weighted by Gasteiger charge is -2.49. The summed E-state index contributed by atoms with van der Waals surface area (Å²) in [6.07, 6.45) is 1.88. The molecule has 2 amide bonds. The molecular formula is C20H29N3O3. The van der Waals surface area contributed by atoms with Crippen LogP contribution >= 0.6 is 0 Å². The summed E-state index contributed by atoms with van der Waals surface area (Å²) < 4.78 is 0. The summed E-state index contributed by atoms with van der Waals surface area (Å²) in [6.45, 7) is 5.98. The van der Waals surface area contributed by atoms with Gasteiger partial charge in [-0.15, -0.1) is 0 Å². The van der Waals surface area contributed by atoms with E-state index in [0.717, 1.165) is 24.1 Å². The van der Waals surface area contributed by atoms with Gasteiger partial charge in [0.1, 0.15) is 0 Å². The Hall–Kier alpha value is -2.08. The average molecular weight is 359 g/mol. The van der Waals surface area contributed by atoms with Crippen LogP contribution in [-0.4, -0.2) is 66.1 Å². The third kappa shape index (κ3) is 3.70. The summed E-state index contributed by atoms with van der Waals surface area (Å²) >= 11 is 0. The number of hydrogen-bond acceptors (Lipinski definition) is 4. The molecule has 1 unspecified atom stereocenters. The maximum Gasteiger partial charge on any atom is 0.255 e. The van der Waals surface area contributed by atoms with E-state index in [1.807, 2.05) is 37.1 Å². The van der Waals surface area contributed by atoms with Crippen LogP contribution in [0.5, 0.6) is 0 Å². The van der Waals surface area contributed by atoms with Gasteiger partial charge in [0.15, 0.2) is 0 Å². The fraction of sp³-hybridized carbons (Fsp3) is 0.600. The zero-order valence-corrected chi connectivity index (χ0v) is 15.9. The Morgan fingerprint density at radius 3 is 2.54 bits per heavy atom. The maximum atomic E-state index is 13.0. The number of benzene rings is 1. The van der Waals surface area contributed by atoms with Crippen LogP contribution in [0.3, 0.4) is 0 Å². The maximum absolute atomic E-state index is 13.0. The lowest BCUT2D eigenvalue weighted by molar-refractivity contribution is -0.137. The van der Waals surface area contributed by atoms with Gasteiger partial charge in [-0.1, -0.05) is 11.6 Å². The van der Waals surface area contributed by atoms with Gasteiger partial charge in [0.05, 0.1) is 11.7 Å². The summed E-state index contributed by atoms with van der Waals surface area (Å²) in [5.41, 5.74) is 2.54. The second-order valence-electron chi connectivity index (χ2n) is 7.85. The highest BCUT2D eigenvalue weighted by Crippen LogP contribution is 2.40. The normalized spacial score (nSPS) is 22.4. The molecule has 1 aromatic carbocycles. The van der Waals surface area contributed by atoms with E-state index in [0.29, 0.717) is 38.2 Å². The predicted molar refractivity (Wildman–Crippen MR) is 101 cm³/mol. The molecule has 2 fully saturated rings. The topological polar surface area (TPSA) is 72.9 Å². The van der Waals surface area contributed by atoms with Crippen LogP contribution in [0.15, 0.2) is 18.2 Å². The highest BCUT2D eigenvalue weighted by molar-refractivity contribution is 5.99. The number of nitrogens with one attached hydrogen (secondary N) is 1. The second kappa shape index (κ2) is 7.27. The lowest BCUT2D eigenvalue weighted by atomic mass is 9.71. The molecule has 2 aliphatic rings. The Labute approximate surface area is 155 Å². The average Bonchev–Trinajstić information content (AvgIpc) is 2.61. The van der Waals surface area contributed by atoms with E-state index in [1.165, 1.54) is 0 Å². The Morgan fingerprint density at radius 1 is 1.23 bits per heavy atom. The molecule has 6 heteroatoms. The Morgan fingerprint density at radius 2 is 1.92 bits per heavy atom. The molecule has 142 valence electrons. The van der Waals surface area contributed by atoms with Crippen LogP contribution in [0.4, 0.5) is 5.69 Å². The van der Waals surface area contributed by atoms with Crippen molar-refractivity contribution < 1.29 is 14.7 Å². The van der Waals surface area contributed by atoms with Crippen molar-refractivity contribution in [3.8, 4) is 0 Å². The van der Waals surface area contributed by atoms with E-state index in [2.05, 4.69) is 5.32 Å². The summed E-state index contributed by atoms with van der Waals surface area (Å²) in [5.74, 6) is 0.0627. The minimum absolute atomic E-state index is 0.0139. The number of carbonyl (C=O) groups excluding carboxylic acids is 2. The van der Waals surface area contributed by atoms with Gasteiger partial charge in [-0.25, -0.2) is 0 Å². The van der Waals surface area contributed by atoms with Crippen molar-refractivity contribution in [1.29, 1.82) is 0 Å². The minimum Gasteiger partial charge on any atom is -0.391 e. The van der Waals surface area contributed by atoms with Crippen LogP contribution in [0.25, 0.3) is 0 Å². The van der Waals surface area contributed by atoms with E-state index < -0.39 is 6.10 Å². The molecule has 2 N–H and O–H groups in total. The highest BCUT2D eigenvalue weighted by atomic mass is 16.3. The number of anilines is 1. The molecule has 0 aromatic heterocycles. The van der Waals surface area contributed by atoms with Gasteiger partial charge in [0.25, 0.3) is 5.91 Å². The number of aliphatic hydroxyl groups excluding tert-OH is 1. The molecule has 3 rings (SSSR count). The largest absolute Gasteiger partial charge is 0.391 e. The number of amides is 2. The summed E-state index contributed by atoms with van der Waals surface area (Å²) in [5, 5.41) is 13.3. The molecule has 6 nitrogen and oxygen atoms in total. The second-order valence-corrected chi connectivity index (χ2v) is 7.85. The van der Waals surface area contributed by atoms with Crippen molar-refractivity contribution in [1.82, 2.24) is 9.80 Å². The van der Waals surface area contributed by atoms with Crippen molar-refractivity contribution in [3.05, 3.63) is 29.3 Å². The van der Waals surface area contributed by atoms with Crippen LogP contribution < -0.4 is 5.32 Å². The van der Waals surface area contributed by atoms with Crippen LogP contribution in [0, 0.1) is 12.3 Å². The molecule has 26 heavy (non-hydrogen) atoms. The zero-order valence-electron chi connectivity index (χ0n) is 15.9.